The van der Waals surface area contributed by atoms with Gasteiger partial charge in [-0.2, -0.15) is 0 Å². The van der Waals surface area contributed by atoms with Gasteiger partial charge in [-0.05, 0) is 55.3 Å². The van der Waals surface area contributed by atoms with E-state index < -0.39 is 15.8 Å². The van der Waals surface area contributed by atoms with Crippen molar-refractivity contribution >= 4 is 27.3 Å². The molecule has 140 valence electrons. The molecule has 0 aliphatic heterocycles. The number of nitrogens with one attached hydrogen (secondary N) is 2. The molecule has 0 saturated heterocycles. The summed E-state index contributed by atoms with van der Waals surface area (Å²) in [5.41, 5.74) is 2.55. The molecule has 0 aromatic heterocycles. The van der Waals surface area contributed by atoms with Gasteiger partial charge < -0.3 is 10.6 Å². The zero-order valence-corrected chi connectivity index (χ0v) is 15.9. The van der Waals surface area contributed by atoms with Crippen LogP contribution >= 0.6 is 0 Å². The van der Waals surface area contributed by atoms with Crippen LogP contribution in [0.1, 0.15) is 11.1 Å². The summed E-state index contributed by atoms with van der Waals surface area (Å²) in [5, 5.41) is 5.53. The minimum absolute atomic E-state index is 0.0811. The van der Waals surface area contributed by atoms with Gasteiger partial charge in [-0.15, -0.1) is 0 Å². The third-order valence-electron chi connectivity index (χ3n) is 3.97. The molecule has 2 aromatic carbocycles. The summed E-state index contributed by atoms with van der Waals surface area (Å²) in [7, 11) is -0.655. The number of carbonyl (C=O) groups excluding carboxylic acids is 1. The minimum atomic E-state index is -3.58. The van der Waals surface area contributed by atoms with E-state index in [-0.39, 0.29) is 17.3 Å². The fraction of sp³-hybridized carbons (Fsp3) is 0.278. The fourth-order valence-corrected chi connectivity index (χ4v) is 3.33. The number of rotatable bonds is 6. The van der Waals surface area contributed by atoms with Crippen LogP contribution in [0.15, 0.2) is 41.3 Å². The standard InChI is InChI=1S/C18H22FN3O3S/c1-12-8-16(26(24,25)22(3)4)10-17(13(12)2)20-11-18(23)21-15-7-5-6-14(19)9-15/h5-10,20H,11H2,1-4H3,(H,21,23). The van der Waals surface area contributed by atoms with Crippen molar-refractivity contribution < 1.29 is 17.6 Å². The highest BCUT2D eigenvalue weighted by Gasteiger charge is 2.19. The summed E-state index contributed by atoms with van der Waals surface area (Å²) < 4.78 is 39.0. The highest BCUT2D eigenvalue weighted by atomic mass is 32.2. The van der Waals surface area contributed by atoms with Gasteiger partial charge >= 0.3 is 0 Å². The number of nitrogens with zero attached hydrogens (tertiary/aromatic N) is 1. The third kappa shape index (κ3) is 4.59. The lowest BCUT2D eigenvalue weighted by atomic mass is 10.1. The van der Waals surface area contributed by atoms with Crippen molar-refractivity contribution in [3.8, 4) is 0 Å². The largest absolute Gasteiger partial charge is 0.376 e. The molecule has 0 heterocycles. The van der Waals surface area contributed by atoms with Crippen LogP contribution in [0.3, 0.4) is 0 Å². The van der Waals surface area contributed by atoms with Gasteiger partial charge in [-0.3, -0.25) is 4.79 Å². The van der Waals surface area contributed by atoms with Gasteiger partial charge in [-0.25, -0.2) is 17.1 Å². The zero-order valence-electron chi connectivity index (χ0n) is 15.1. The van der Waals surface area contributed by atoms with Crippen molar-refractivity contribution in [2.45, 2.75) is 18.7 Å². The van der Waals surface area contributed by atoms with E-state index in [2.05, 4.69) is 10.6 Å². The molecule has 8 heteroatoms. The first-order valence-corrected chi connectivity index (χ1v) is 9.38. The Morgan fingerprint density at radius 2 is 1.85 bits per heavy atom. The third-order valence-corrected chi connectivity index (χ3v) is 5.76. The normalized spacial score (nSPS) is 11.5. The number of amides is 1. The molecule has 0 spiro atoms. The SMILES string of the molecule is Cc1cc(S(=O)(=O)N(C)C)cc(NCC(=O)Nc2cccc(F)c2)c1C. The molecule has 1 amide bonds. The zero-order chi connectivity index (χ0) is 19.5. The van der Waals surface area contributed by atoms with Gasteiger partial charge in [0.2, 0.25) is 15.9 Å². The van der Waals surface area contributed by atoms with Crippen molar-refractivity contribution in [2.24, 2.45) is 0 Å². The monoisotopic (exact) mass is 379 g/mol. The van der Waals surface area contributed by atoms with Crippen LogP contribution in [0.4, 0.5) is 15.8 Å². The van der Waals surface area contributed by atoms with E-state index in [1.54, 1.807) is 12.1 Å². The van der Waals surface area contributed by atoms with Crippen molar-refractivity contribution in [3.05, 3.63) is 53.3 Å². The molecule has 6 nitrogen and oxygen atoms in total. The number of aryl methyl sites for hydroxylation is 1. The number of carbonyl (C=O) groups is 1. The number of anilines is 2. The summed E-state index contributed by atoms with van der Waals surface area (Å²) >= 11 is 0. The Kier molecular flexibility index (Phi) is 5.99. The Morgan fingerprint density at radius 3 is 2.46 bits per heavy atom. The first kappa shape index (κ1) is 19.9. The lowest BCUT2D eigenvalue weighted by Gasteiger charge is -2.17. The summed E-state index contributed by atoms with van der Waals surface area (Å²) in [6, 6.07) is 8.70. The second kappa shape index (κ2) is 7.84. The molecule has 2 aromatic rings. The van der Waals surface area contributed by atoms with Crippen molar-refractivity contribution in [1.29, 1.82) is 0 Å². The summed E-state index contributed by atoms with van der Waals surface area (Å²) in [4.78, 5) is 12.2. The van der Waals surface area contributed by atoms with E-state index in [1.807, 2.05) is 13.8 Å². The van der Waals surface area contributed by atoms with E-state index in [4.69, 9.17) is 0 Å². The molecule has 0 aliphatic rings. The van der Waals surface area contributed by atoms with Gasteiger partial charge in [0.15, 0.2) is 0 Å². The van der Waals surface area contributed by atoms with Gasteiger partial charge in [0, 0.05) is 25.5 Å². The maximum absolute atomic E-state index is 13.2. The van der Waals surface area contributed by atoms with Gasteiger partial charge in [0.1, 0.15) is 5.82 Å². The predicted octanol–water partition coefficient (Wildman–Crippen LogP) is 2.74. The lowest BCUT2D eigenvalue weighted by Crippen LogP contribution is -2.24. The second-order valence-corrected chi connectivity index (χ2v) is 8.26. The first-order valence-electron chi connectivity index (χ1n) is 7.94. The number of sulfonamides is 1. The van der Waals surface area contributed by atoms with E-state index in [0.717, 1.165) is 15.4 Å². The van der Waals surface area contributed by atoms with E-state index in [0.29, 0.717) is 11.4 Å². The first-order chi connectivity index (χ1) is 12.1. The molecule has 0 saturated carbocycles. The molecular weight excluding hydrogens is 357 g/mol. The number of hydrogen-bond donors (Lipinski definition) is 2. The predicted molar refractivity (Wildman–Crippen MR) is 100 cm³/mol. The van der Waals surface area contributed by atoms with Crippen LogP contribution in [0.25, 0.3) is 0 Å². The maximum Gasteiger partial charge on any atom is 0.243 e. The average molecular weight is 379 g/mol. The van der Waals surface area contributed by atoms with Gasteiger partial charge in [0.05, 0.1) is 11.4 Å². The maximum atomic E-state index is 13.2. The highest BCUT2D eigenvalue weighted by Crippen LogP contribution is 2.25. The van der Waals surface area contributed by atoms with E-state index in [1.165, 1.54) is 38.4 Å². The average Bonchev–Trinajstić information content (AvgIpc) is 2.55. The Bertz CT molecular complexity index is 927. The molecule has 0 bridgehead atoms. The van der Waals surface area contributed by atoms with Gasteiger partial charge in [0.25, 0.3) is 0 Å². The lowest BCUT2D eigenvalue weighted by molar-refractivity contribution is -0.114. The topological polar surface area (TPSA) is 78.5 Å². The second-order valence-electron chi connectivity index (χ2n) is 6.11. The molecule has 0 atom stereocenters. The molecule has 0 fully saturated rings. The summed E-state index contributed by atoms with van der Waals surface area (Å²) in [6.45, 7) is 3.57. The molecule has 2 N–H and O–H groups in total. The Balaban J connectivity index is 2.16. The Labute approximate surface area is 153 Å². The van der Waals surface area contributed by atoms with Crippen molar-refractivity contribution in [3.63, 3.8) is 0 Å². The fourth-order valence-electron chi connectivity index (χ4n) is 2.32. The van der Waals surface area contributed by atoms with Crippen molar-refractivity contribution in [2.75, 3.05) is 31.3 Å². The quantitative estimate of drug-likeness (QED) is 0.809. The van der Waals surface area contributed by atoms with Crippen molar-refractivity contribution in [1.82, 2.24) is 4.31 Å². The smallest absolute Gasteiger partial charge is 0.243 e. The molecule has 0 aliphatic carbocycles. The van der Waals surface area contributed by atoms with Gasteiger partial charge in [-0.1, -0.05) is 6.07 Å². The molecule has 2 rings (SSSR count). The van der Waals surface area contributed by atoms with Crippen LogP contribution in [0.2, 0.25) is 0 Å². The Hall–Kier alpha value is -2.45. The van der Waals surface area contributed by atoms with Crippen LogP contribution in [-0.2, 0) is 14.8 Å². The van der Waals surface area contributed by atoms with Crippen LogP contribution < -0.4 is 10.6 Å². The summed E-state index contributed by atoms with van der Waals surface area (Å²) in [5.74, 6) is -0.808. The van der Waals surface area contributed by atoms with E-state index in [9.17, 15) is 17.6 Å². The van der Waals surface area contributed by atoms with Crippen LogP contribution in [-0.4, -0.2) is 39.3 Å². The highest BCUT2D eigenvalue weighted by molar-refractivity contribution is 7.89. The summed E-state index contributed by atoms with van der Waals surface area (Å²) in [6.07, 6.45) is 0. The molecule has 0 radical (unpaired) electrons. The van der Waals surface area contributed by atoms with Crippen LogP contribution in [0, 0.1) is 19.7 Å². The van der Waals surface area contributed by atoms with E-state index >= 15 is 0 Å². The Morgan fingerprint density at radius 1 is 1.15 bits per heavy atom. The number of hydrogen-bond acceptors (Lipinski definition) is 4. The molecular formula is C18H22FN3O3S. The van der Waals surface area contributed by atoms with Crippen LogP contribution in [0.5, 0.6) is 0 Å². The molecule has 26 heavy (non-hydrogen) atoms. The number of benzene rings is 2. The minimum Gasteiger partial charge on any atom is -0.376 e. The molecule has 0 unspecified atom stereocenters. The number of halogens is 1.